The minimum atomic E-state index is -0.329. The van der Waals surface area contributed by atoms with Gasteiger partial charge in [0.05, 0.1) is 5.92 Å². The average Bonchev–Trinajstić information content (AvgIpc) is 2.98. The van der Waals surface area contributed by atoms with Gasteiger partial charge in [0.1, 0.15) is 6.10 Å². The number of carbonyl (C=O) groups excluding carboxylic acids is 2. The third kappa shape index (κ3) is 3.89. The summed E-state index contributed by atoms with van der Waals surface area (Å²) >= 11 is 1.67. The summed E-state index contributed by atoms with van der Waals surface area (Å²) in [5.41, 5.74) is 0.862. The number of amides is 1. The van der Waals surface area contributed by atoms with E-state index < -0.39 is 0 Å². The van der Waals surface area contributed by atoms with E-state index in [1.54, 1.807) is 16.7 Å². The number of carbonyl (C=O) groups is 2. The van der Waals surface area contributed by atoms with E-state index in [0.29, 0.717) is 6.54 Å². The summed E-state index contributed by atoms with van der Waals surface area (Å²) < 4.78 is 5.62. The van der Waals surface area contributed by atoms with Crippen molar-refractivity contribution in [1.82, 2.24) is 0 Å². The first-order chi connectivity index (χ1) is 11.2. The van der Waals surface area contributed by atoms with Crippen LogP contribution in [0.25, 0.3) is 0 Å². The molecular weight excluding hydrogens is 310 g/mol. The summed E-state index contributed by atoms with van der Waals surface area (Å²) in [4.78, 5) is 27.4. The number of thioether (sulfide) groups is 1. The molecule has 1 unspecified atom stereocenters. The van der Waals surface area contributed by atoms with Crippen LogP contribution >= 0.6 is 11.8 Å². The molecule has 3 rings (SSSR count). The summed E-state index contributed by atoms with van der Waals surface area (Å²) in [6.07, 6.45) is 7.77. The van der Waals surface area contributed by atoms with Crippen LogP contribution in [0.4, 0.5) is 5.69 Å². The zero-order valence-corrected chi connectivity index (χ0v) is 14.3. The van der Waals surface area contributed by atoms with Crippen LogP contribution in [0.5, 0.6) is 0 Å². The lowest BCUT2D eigenvalue weighted by Gasteiger charge is -2.23. The monoisotopic (exact) mass is 333 g/mol. The van der Waals surface area contributed by atoms with Gasteiger partial charge in [-0.15, -0.1) is 11.8 Å². The number of esters is 1. The zero-order chi connectivity index (χ0) is 16.2. The van der Waals surface area contributed by atoms with Crippen molar-refractivity contribution >= 4 is 29.3 Å². The molecule has 23 heavy (non-hydrogen) atoms. The molecule has 124 valence electrons. The standard InChI is InChI=1S/C18H23NO3S/c1-23-16-9-7-14(8-10-16)19-12-13(11-17(19)20)18(21)22-15-5-3-2-4-6-15/h7-10,13,15H,2-6,11-12H2,1H3. The largest absolute Gasteiger partial charge is 0.462 e. The number of ether oxygens (including phenoxy) is 1. The Hall–Kier alpha value is -1.49. The number of nitrogens with zero attached hydrogens (tertiary/aromatic N) is 1. The highest BCUT2D eigenvalue weighted by Gasteiger charge is 2.37. The minimum Gasteiger partial charge on any atom is -0.462 e. The van der Waals surface area contributed by atoms with E-state index in [1.165, 1.54) is 6.42 Å². The topological polar surface area (TPSA) is 46.6 Å². The van der Waals surface area contributed by atoms with Crippen molar-refractivity contribution in [1.29, 1.82) is 0 Å². The van der Waals surface area contributed by atoms with Gasteiger partial charge in [0.2, 0.25) is 5.91 Å². The maximum absolute atomic E-state index is 12.3. The van der Waals surface area contributed by atoms with Crippen molar-refractivity contribution in [3.8, 4) is 0 Å². The van der Waals surface area contributed by atoms with Crippen LogP contribution in [0.2, 0.25) is 0 Å². The summed E-state index contributed by atoms with van der Waals surface area (Å²) in [5.74, 6) is -0.523. The van der Waals surface area contributed by atoms with Crippen LogP contribution < -0.4 is 4.90 Å². The lowest BCUT2D eigenvalue weighted by molar-refractivity contribution is -0.155. The van der Waals surface area contributed by atoms with Gasteiger partial charge < -0.3 is 9.64 Å². The molecular formula is C18H23NO3S. The molecule has 1 aliphatic carbocycles. The molecule has 2 fully saturated rings. The highest BCUT2D eigenvalue weighted by molar-refractivity contribution is 7.98. The lowest BCUT2D eigenvalue weighted by Crippen LogP contribution is -2.29. The van der Waals surface area contributed by atoms with Gasteiger partial charge in [-0.3, -0.25) is 9.59 Å². The van der Waals surface area contributed by atoms with Crippen LogP contribution in [0.3, 0.4) is 0 Å². The summed E-state index contributed by atoms with van der Waals surface area (Å²) in [7, 11) is 0. The fraction of sp³-hybridized carbons (Fsp3) is 0.556. The highest BCUT2D eigenvalue weighted by atomic mass is 32.2. The number of benzene rings is 1. The van der Waals surface area contributed by atoms with Crippen LogP contribution in [0.1, 0.15) is 38.5 Å². The molecule has 0 N–H and O–H groups in total. The second kappa shape index (κ2) is 7.39. The fourth-order valence-electron chi connectivity index (χ4n) is 3.32. The molecule has 1 saturated carbocycles. The van der Waals surface area contributed by atoms with E-state index in [4.69, 9.17) is 4.74 Å². The first kappa shape index (κ1) is 16.4. The number of rotatable bonds is 4. The van der Waals surface area contributed by atoms with E-state index in [9.17, 15) is 9.59 Å². The normalized spacial score (nSPS) is 22.4. The van der Waals surface area contributed by atoms with Crippen LogP contribution in [-0.2, 0) is 14.3 Å². The zero-order valence-electron chi connectivity index (χ0n) is 13.5. The first-order valence-corrected chi connectivity index (χ1v) is 9.55. The maximum Gasteiger partial charge on any atom is 0.311 e. The van der Waals surface area contributed by atoms with Crippen molar-refractivity contribution in [2.75, 3.05) is 17.7 Å². The number of hydrogen-bond donors (Lipinski definition) is 0. The Morgan fingerprint density at radius 2 is 1.87 bits per heavy atom. The maximum atomic E-state index is 12.3. The van der Waals surface area contributed by atoms with E-state index in [1.807, 2.05) is 30.5 Å². The Labute approximate surface area is 141 Å². The van der Waals surface area contributed by atoms with Gasteiger partial charge in [-0.2, -0.15) is 0 Å². The quantitative estimate of drug-likeness (QED) is 0.623. The summed E-state index contributed by atoms with van der Waals surface area (Å²) in [6.45, 7) is 0.434. The van der Waals surface area contributed by atoms with Gasteiger partial charge in [0.25, 0.3) is 0 Å². The molecule has 4 nitrogen and oxygen atoms in total. The van der Waals surface area contributed by atoms with Crippen LogP contribution in [0.15, 0.2) is 29.2 Å². The Kier molecular flexibility index (Phi) is 5.26. The third-order valence-corrected chi connectivity index (χ3v) is 5.42. The fourth-order valence-corrected chi connectivity index (χ4v) is 3.73. The SMILES string of the molecule is CSc1ccc(N2CC(C(=O)OC3CCCCC3)CC2=O)cc1. The Morgan fingerprint density at radius 1 is 1.17 bits per heavy atom. The van der Waals surface area contributed by atoms with Crippen LogP contribution in [-0.4, -0.2) is 30.8 Å². The molecule has 0 radical (unpaired) electrons. The number of anilines is 1. The first-order valence-electron chi connectivity index (χ1n) is 8.32. The summed E-state index contributed by atoms with van der Waals surface area (Å²) in [6, 6.07) is 7.89. The smallest absolute Gasteiger partial charge is 0.311 e. The van der Waals surface area contributed by atoms with Gasteiger partial charge in [-0.1, -0.05) is 6.42 Å². The van der Waals surface area contributed by atoms with Gasteiger partial charge in [-0.05, 0) is 56.2 Å². The molecule has 1 atom stereocenters. The van der Waals surface area contributed by atoms with Crippen molar-refractivity contribution in [3.05, 3.63) is 24.3 Å². The second-order valence-corrected chi connectivity index (χ2v) is 7.18. The number of hydrogen-bond acceptors (Lipinski definition) is 4. The van der Waals surface area contributed by atoms with Gasteiger partial charge >= 0.3 is 5.97 Å². The van der Waals surface area contributed by atoms with E-state index in [-0.39, 0.29) is 30.3 Å². The lowest BCUT2D eigenvalue weighted by atomic mass is 9.97. The highest BCUT2D eigenvalue weighted by Crippen LogP contribution is 2.29. The predicted molar refractivity (Wildman–Crippen MR) is 91.6 cm³/mol. The third-order valence-electron chi connectivity index (χ3n) is 4.68. The molecule has 1 aliphatic heterocycles. The van der Waals surface area contributed by atoms with E-state index in [0.717, 1.165) is 36.3 Å². The van der Waals surface area contributed by atoms with Gasteiger partial charge in [0, 0.05) is 23.5 Å². The van der Waals surface area contributed by atoms with Crippen molar-refractivity contribution in [2.45, 2.75) is 49.5 Å². The van der Waals surface area contributed by atoms with E-state index in [2.05, 4.69) is 0 Å². The van der Waals surface area contributed by atoms with Crippen molar-refractivity contribution < 1.29 is 14.3 Å². The molecule has 1 saturated heterocycles. The molecule has 2 aliphatic rings. The predicted octanol–water partition coefficient (Wildman–Crippen LogP) is 3.64. The Morgan fingerprint density at radius 3 is 2.52 bits per heavy atom. The Bertz CT molecular complexity index is 566. The van der Waals surface area contributed by atoms with Crippen LogP contribution in [0, 0.1) is 5.92 Å². The minimum absolute atomic E-state index is 0.00694. The van der Waals surface area contributed by atoms with Gasteiger partial charge in [0.15, 0.2) is 0 Å². The van der Waals surface area contributed by atoms with E-state index >= 15 is 0 Å². The second-order valence-electron chi connectivity index (χ2n) is 6.30. The van der Waals surface area contributed by atoms with Crippen molar-refractivity contribution in [3.63, 3.8) is 0 Å². The Balaban J connectivity index is 1.60. The van der Waals surface area contributed by atoms with Gasteiger partial charge in [-0.25, -0.2) is 0 Å². The molecule has 1 aromatic rings. The van der Waals surface area contributed by atoms with Crippen molar-refractivity contribution in [2.24, 2.45) is 5.92 Å². The molecule has 0 spiro atoms. The summed E-state index contributed by atoms with van der Waals surface area (Å²) in [5, 5.41) is 0. The average molecular weight is 333 g/mol. The molecule has 0 bridgehead atoms. The molecule has 1 aromatic carbocycles. The molecule has 1 heterocycles. The molecule has 0 aromatic heterocycles. The molecule has 5 heteroatoms. The molecule has 1 amide bonds.